The average Bonchev–Trinajstić information content (AvgIpc) is 3.09. The zero-order chi connectivity index (χ0) is 17.6. The maximum absolute atomic E-state index is 13.0. The highest BCUT2D eigenvalue weighted by Gasteiger charge is 2.55. The van der Waals surface area contributed by atoms with Crippen LogP contribution in [0.4, 0.5) is 9.18 Å². The number of nitrogens with one attached hydrogen (secondary N) is 1. The highest BCUT2D eigenvalue weighted by Crippen LogP contribution is 2.41. The van der Waals surface area contributed by atoms with E-state index in [1.807, 2.05) is 24.3 Å². The first kappa shape index (κ1) is 15.8. The predicted molar refractivity (Wildman–Crippen MR) is 88.0 cm³/mol. The molecule has 0 aromatic heterocycles. The topological polar surface area (TPSA) is 69.6 Å². The van der Waals surface area contributed by atoms with E-state index in [9.17, 15) is 19.1 Å². The summed E-state index contributed by atoms with van der Waals surface area (Å²) in [5.41, 5.74) is 1.30. The molecular formula is C19H17FN2O3. The molecule has 6 heteroatoms. The van der Waals surface area contributed by atoms with Crippen molar-refractivity contribution in [3.05, 3.63) is 71.0 Å². The molecule has 0 unspecified atom stereocenters. The zero-order valence-corrected chi connectivity index (χ0v) is 13.4. The van der Waals surface area contributed by atoms with Crippen molar-refractivity contribution in [1.82, 2.24) is 10.2 Å². The van der Waals surface area contributed by atoms with E-state index in [1.165, 1.54) is 24.3 Å². The van der Waals surface area contributed by atoms with Crippen LogP contribution in [0.15, 0.2) is 48.5 Å². The molecule has 2 aromatic rings. The third kappa shape index (κ3) is 2.41. The zero-order valence-electron chi connectivity index (χ0n) is 13.4. The van der Waals surface area contributed by atoms with E-state index in [0.29, 0.717) is 12.0 Å². The van der Waals surface area contributed by atoms with Crippen molar-refractivity contribution in [2.24, 2.45) is 0 Å². The summed E-state index contributed by atoms with van der Waals surface area (Å²) >= 11 is 0. The molecule has 4 rings (SSSR count). The van der Waals surface area contributed by atoms with E-state index in [1.54, 1.807) is 0 Å². The van der Waals surface area contributed by atoms with Gasteiger partial charge in [-0.25, -0.2) is 9.18 Å². The molecule has 1 spiro atoms. The molecule has 25 heavy (non-hydrogen) atoms. The summed E-state index contributed by atoms with van der Waals surface area (Å²) in [6.45, 7) is -0.166. The monoisotopic (exact) mass is 340 g/mol. The molecule has 2 aromatic carbocycles. The van der Waals surface area contributed by atoms with Crippen LogP contribution >= 0.6 is 0 Å². The number of urea groups is 1. The molecule has 128 valence electrons. The minimum absolute atomic E-state index is 0.166. The van der Waals surface area contributed by atoms with Crippen molar-refractivity contribution in [3.63, 3.8) is 0 Å². The maximum atomic E-state index is 13.0. The van der Waals surface area contributed by atoms with Gasteiger partial charge in [-0.3, -0.25) is 9.69 Å². The SMILES string of the molecule is O=C1N[C@]2(CCc3ccccc32)C(=O)N1C[C@H](O)c1ccc(F)cc1. The molecule has 1 heterocycles. The largest absolute Gasteiger partial charge is 0.387 e. The van der Waals surface area contributed by atoms with Crippen LogP contribution in [-0.4, -0.2) is 28.5 Å². The van der Waals surface area contributed by atoms with Gasteiger partial charge in [-0.1, -0.05) is 36.4 Å². The van der Waals surface area contributed by atoms with E-state index < -0.39 is 23.5 Å². The number of aryl methyl sites for hydroxylation is 1. The molecule has 1 saturated heterocycles. The number of nitrogens with zero attached hydrogens (tertiary/aromatic N) is 1. The van der Waals surface area contributed by atoms with Crippen molar-refractivity contribution >= 4 is 11.9 Å². The molecule has 3 amide bonds. The second-order valence-corrected chi connectivity index (χ2v) is 6.48. The number of imide groups is 1. The lowest BCUT2D eigenvalue weighted by molar-refractivity contribution is -0.132. The standard InChI is InChI=1S/C19H17FN2O3/c20-14-7-5-13(6-8-14)16(23)11-22-17(24)19(21-18(22)25)10-9-12-3-1-2-4-15(12)19/h1-8,16,23H,9-11H2,(H,21,25)/t16-,19-/m0/s1. The number of carbonyl (C=O) groups is 2. The number of β-amino-alcohol motifs (C(OH)–C–C–N with tert-alkyl or cyclic N) is 1. The van der Waals surface area contributed by atoms with E-state index in [-0.39, 0.29) is 12.5 Å². The summed E-state index contributed by atoms with van der Waals surface area (Å²) in [4.78, 5) is 26.4. The number of fused-ring (bicyclic) bond motifs is 2. The Morgan fingerprint density at radius 1 is 1.16 bits per heavy atom. The van der Waals surface area contributed by atoms with Crippen molar-refractivity contribution in [2.45, 2.75) is 24.5 Å². The van der Waals surface area contributed by atoms with Crippen LogP contribution in [0.3, 0.4) is 0 Å². The van der Waals surface area contributed by atoms with E-state index in [2.05, 4.69) is 5.32 Å². The summed E-state index contributed by atoms with van der Waals surface area (Å²) in [5.74, 6) is -0.754. The molecule has 2 N–H and O–H groups in total. The van der Waals surface area contributed by atoms with E-state index in [0.717, 1.165) is 22.4 Å². The summed E-state index contributed by atoms with van der Waals surface area (Å²) in [6, 6.07) is 12.4. The Labute approximate surface area is 144 Å². The molecule has 0 radical (unpaired) electrons. The Balaban J connectivity index is 1.59. The maximum Gasteiger partial charge on any atom is 0.325 e. The Hall–Kier alpha value is -2.73. The van der Waals surface area contributed by atoms with Gasteiger partial charge in [0.05, 0.1) is 12.6 Å². The summed E-state index contributed by atoms with van der Waals surface area (Å²) < 4.78 is 13.0. The first-order valence-corrected chi connectivity index (χ1v) is 8.17. The van der Waals surface area contributed by atoms with Crippen molar-refractivity contribution in [1.29, 1.82) is 0 Å². The van der Waals surface area contributed by atoms with Crippen LogP contribution < -0.4 is 5.32 Å². The summed E-state index contributed by atoms with van der Waals surface area (Å²) in [6.07, 6.45) is 0.165. The second kappa shape index (κ2) is 5.67. The lowest BCUT2D eigenvalue weighted by atomic mass is 9.92. The number of benzene rings is 2. The second-order valence-electron chi connectivity index (χ2n) is 6.48. The normalized spacial score (nSPS) is 23.0. The van der Waals surface area contributed by atoms with Crippen LogP contribution in [0.5, 0.6) is 0 Å². The van der Waals surface area contributed by atoms with Crippen molar-refractivity contribution < 1.29 is 19.1 Å². The van der Waals surface area contributed by atoms with Gasteiger partial charge in [-0.15, -0.1) is 0 Å². The number of halogens is 1. The van der Waals surface area contributed by atoms with Crippen molar-refractivity contribution in [3.8, 4) is 0 Å². The molecule has 0 bridgehead atoms. The Morgan fingerprint density at radius 2 is 1.88 bits per heavy atom. The van der Waals surface area contributed by atoms with Gasteiger partial charge >= 0.3 is 6.03 Å². The average molecular weight is 340 g/mol. The molecule has 2 aliphatic rings. The Kier molecular flexibility index (Phi) is 3.58. The van der Waals surface area contributed by atoms with Gasteiger partial charge in [0.15, 0.2) is 0 Å². The molecule has 1 fully saturated rings. The smallest absolute Gasteiger partial charge is 0.325 e. The Bertz CT molecular complexity index is 852. The fourth-order valence-corrected chi connectivity index (χ4v) is 3.72. The molecule has 2 atom stereocenters. The lowest BCUT2D eigenvalue weighted by Gasteiger charge is -2.23. The van der Waals surface area contributed by atoms with E-state index in [4.69, 9.17) is 0 Å². The van der Waals surface area contributed by atoms with Crippen LogP contribution in [0.2, 0.25) is 0 Å². The lowest BCUT2D eigenvalue weighted by Crippen LogP contribution is -2.42. The van der Waals surface area contributed by atoms with Gasteiger partial charge in [0.2, 0.25) is 0 Å². The predicted octanol–water partition coefficient (Wildman–Crippen LogP) is 2.25. The number of rotatable bonds is 3. The van der Waals surface area contributed by atoms with Gasteiger partial charge in [-0.05, 0) is 41.7 Å². The number of hydrogen-bond donors (Lipinski definition) is 2. The van der Waals surface area contributed by atoms with Gasteiger partial charge in [0.25, 0.3) is 5.91 Å². The Morgan fingerprint density at radius 3 is 2.64 bits per heavy atom. The highest BCUT2D eigenvalue weighted by molar-refractivity contribution is 6.08. The number of aliphatic hydroxyl groups excluding tert-OH is 1. The van der Waals surface area contributed by atoms with Gasteiger partial charge in [0, 0.05) is 0 Å². The summed E-state index contributed by atoms with van der Waals surface area (Å²) in [5, 5.41) is 13.2. The number of carbonyl (C=O) groups excluding carboxylic acids is 2. The fraction of sp³-hybridized carbons (Fsp3) is 0.263. The minimum Gasteiger partial charge on any atom is -0.387 e. The minimum atomic E-state index is -1.07. The molecular weight excluding hydrogens is 323 g/mol. The van der Waals surface area contributed by atoms with Crippen LogP contribution in [0.25, 0.3) is 0 Å². The number of hydrogen-bond acceptors (Lipinski definition) is 3. The van der Waals surface area contributed by atoms with Gasteiger partial charge in [0.1, 0.15) is 11.4 Å². The number of aliphatic hydroxyl groups is 1. The molecule has 1 aliphatic carbocycles. The highest BCUT2D eigenvalue weighted by atomic mass is 19.1. The molecule has 5 nitrogen and oxygen atoms in total. The fourth-order valence-electron chi connectivity index (χ4n) is 3.72. The van der Waals surface area contributed by atoms with E-state index >= 15 is 0 Å². The first-order chi connectivity index (χ1) is 12.0. The quantitative estimate of drug-likeness (QED) is 0.842. The third-order valence-electron chi connectivity index (χ3n) is 5.03. The third-order valence-corrected chi connectivity index (χ3v) is 5.03. The summed E-state index contributed by atoms with van der Waals surface area (Å²) in [7, 11) is 0. The van der Waals surface area contributed by atoms with Crippen molar-refractivity contribution in [2.75, 3.05) is 6.54 Å². The van der Waals surface area contributed by atoms with Gasteiger partial charge in [-0.2, -0.15) is 0 Å². The van der Waals surface area contributed by atoms with Gasteiger partial charge < -0.3 is 10.4 Å². The van der Waals surface area contributed by atoms with Crippen LogP contribution in [-0.2, 0) is 16.8 Å². The van der Waals surface area contributed by atoms with Crippen LogP contribution in [0.1, 0.15) is 29.2 Å². The number of amides is 3. The molecule has 0 saturated carbocycles. The first-order valence-electron chi connectivity index (χ1n) is 8.17. The molecule has 1 aliphatic heterocycles. The van der Waals surface area contributed by atoms with Crippen LogP contribution in [0, 0.1) is 5.82 Å².